The molecular formula is C14H20N2O4. The van der Waals surface area contributed by atoms with Gasteiger partial charge in [-0.05, 0) is 18.6 Å². The van der Waals surface area contributed by atoms with Crippen molar-refractivity contribution in [3.05, 3.63) is 30.3 Å². The second-order valence-corrected chi connectivity index (χ2v) is 4.36. The number of aliphatic carboxylic acids is 1. The van der Waals surface area contributed by atoms with Crippen LogP contribution in [0.15, 0.2) is 30.3 Å². The monoisotopic (exact) mass is 280 g/mol. The van der Waals surface area contributed by atoms with Crippen LogP contribution in [0, 0.1) is 0 Å². The molecule has 20 heavy (non-hydrogen) atoms. The fourth-order valence-corrected chi connectivity index (χ4v) is 1.75. The number of rotatable bonds is 8. The van der Waals surface area contributed by atoms with Crippen LogP contribution in [0.25, 0.3) is 0 Å². The SMILES string of the molecule is COCCC(N)C(=O)N(CCC(=O)O)c1ccccc1. The van der Waals surface area contributed by atoms with Crippen LogP contribution in [0.5, 0.6) is 0 Å². The van der Waals surface area contributed by atoms with Gasteiger partial charge in [0.15, 0.2) is 0 Å². The number of nitrogens with zero attached hydrogens (tertiary/aromatic N) is 1. The third kappa shape index (κ3) is 4.99. The summed E-state index contributed by atoms with van der Waals surface area (Å²) in [5.41, 5.74) is 6.47. The van der Waals surface area contributed by atoms with E-state index >= 15 is 0 Å². The molecule has 6 nitrogen and oxygen atoms in total. The first kappa shape index (κ1) is 16.1. The second kappa shape index (κ2) is 8.29. The van der Waals surface area contributed by atoms with Gasteiger partial charge in [0.1, 0.15) is 0 Å². The molecule has 0 fully saturated rings. The average Bonchev–Trinajstić information content (AvgIpc) is 2.45. The first-order valence-electron chi connectivity index (χ1n) is 6.39. The van der Waals surface area contributed by atoms with Gasteiger partial charge in [-0.3, -0.25) is 9.59 Å². The van der Waals surface area contributed by atoms with Gasteiger partial charge in [0, 0.05) is 25.9 Å². The Morgan fingerprint density at radius 1 is 1.35 bits per heavy atom. The summed E-state index contributed by atoms with van der Waals surface area (Å²) in [6.45, 7) is 0.479. The van der Waals surface area contributed by atoms with Gasteiger partial charge < -0.3 is 20.5 Å². The van der Waals surface area contributed by atoms with Crippen LogP contribution in [0.1, 0.15) is 12.8 Å². The Bertz CT molecular complexity index is 436. The van der Waals surface area contributed by atoms with E-state index in [1.165, 1.54) is 12.0 Å². The fraction of sp³-hybridized carbons (Fsp3) is 0.429. The lowest BCUT2D eigenvalue weighted by Crippen LogP contribution is -2.45. The summed E-state index contributed by atoms with van der Waals surface area (Å²) in [6, 6.07) is 8.21. The van der Waals surface area contributed by atoms with E-state index in [-0.39, 0.29) is 18.9 Å². The van der Waals surface area contributed by atoms with E-state index in [0.29, 0.717) is 18.7 Å². The first-order valence-corrected chi connectivity index (χ1v) is 6.39. The molecule has 1 rings (SSSR count). The number of amides is 1. The summed E-state index contributed by atoms with van der Waals surface area (Å²) in [6.07, 6.45) is 0.267. The molecule has 6 heteroatoms. The lowest BCUT2D eigenvalue weighted by Gasteiger charge is -2.25. The van der Waals surface area contributed by atoms with Crippen molar-refractivity contribution in [1.82, 2.24) is 0 Å². The number of hydrogen-bond donors (Lipinski definition) is 2. The van der Waals surface area contributed by atoms with Crippen molar-refractivity contribution >= 4 is 17.6 Å². The van der Waals surface area contributed by atoms with Gasteiger partial charge in [-0.25, -0.2) is 0 Å². The Morgan fingerprint density at radius 3 is 2.55 bits per heavy atom. The quantitative estimate of drug-likeness (QED) is 0.736. The van der Waals surface area contributed by atoms with E-state index in [4.69, 9.17) is 15.6 Å². The summed E-state index contributed by atoms with van der Waals surface area (Å²) in [4.78, 5) is 24.4. The molecule has 1 aromatic carbocycles. The Labute approximate surface area is 118 Å². The summed E-state index contributed by atoms with van der Waals surface area (Å²) in [5, 5.41) is 8.78. The smallest absolute Gasteiger partial charge is 0.305 e. The molecule has 0 aliphatic rings. The molecule has 0 aliphatic carbocycles. The number of anilines is 1. The Balaban J connectivity index is 2.81. The molecule has 0 aromatic heterocycles. The second-order valence-electron chi connectivity index (χ2n) is 4.36. The van der Waals surface area contributed by atoms with Crippen molar-refractivity contribution < 1.29 is 19.4 Å². The predicted molar refractivity (Wildman–Crippen MR) is 75.5 cm³/mol. The van der Waals surface area contributed by atoms with Gasteiger partial charge in [0.25, 0.3) is 0 Å². The van der Waals surface area contributed by atoms with Crippen molar-refractivity contribution in [3.63, 3.8) is 0 Å². The minimum absolute atomic E-state index is 0.0961. The summed E-state index contributed by atoms with van der Waals surface area (Å²) < 4.78 is 4.90. The molecule has 0 spiro atoms. The number of para-hydroxylation sites is 1. The maximum atomic E-state index is 12.3. The predicted octanol–water partition coefficient (Wildman–Crippen LogP) is 0.858. The van der Waals surface area contributed by atoms with Gasteiger partial charge in [-0.15, -0.1) is 0 Å². The average molecular weight is 280 g/mol. The Morgan fingerprint density at radius 2 is 2.00 bits per heavy atom. The molecule has 3 N–H and O–H groups in total. The lowest BCUT2D eigenvalue weighted by molar-refractivity contribution is -0.136. The Hall–Kier alpha value is -1.92. The van der Waals surface area contributed by atoms with Crippen LogP contribution in [-0.2, 0) is 14.3 Å². The highest BCUT2D eigenvalue weighted by molar-refractivity contribution is 5.97. The van der Waals surface area contributed by atoms with Gasteiger partial charge in [-0.2, -0.15) is 0 Å². The van der Waals surface area contributed by atoms with Crippen LogP contribution >= 0.6 is 0 Å². The minimum Gasteiger partial charge on any atom is -0.481 e. The number of carboxylic acid groups (broad SMARTS) is 1. The van der Waals surface area contributed by atoms with E-state index in [1.807, 2.05) is 6.07 Å². The fourth-order valence-electron chi connectivity index (χ4n) is 1.75. The molecule has 1 amide bonds. The van der Waals surface area contributed by atoms with Gasteiger partial charge in [0.05, 0.1) is 12.5 Å². The van der Waals surface area contributed by atoms with Crippen LogP contribution in [0.2, 0.25) is 0 Å². The molecule has 0 radical (unpaired) electrons. The molecular weight excluding hydrogens is 260 g/mol. The summed E-state index contributed by atoms with van der Waals surface area (Å²) in [5.74, 6) is -1.25. The molecule has 1 aromatic rings. The summed E-state index contributed by atoms with van der Waals surface area (Å²) in [7, 11) is 1.54. The molecule has 1 atom stereocenters. The number of carbonyl (C=O) groups is 2. The number of hydrogen-bond acceptors (Lipinski definition) is 4. The van der Waals surface area contributed by atoms with Crippen LogP contribution in [0.3, 0.4) is 0 Å². The van der Waals surface area contributed by atoms with Crippen LogP contribution < -0.4 is 10.6 Å². The van der Waals surface area contributed by atoms with E-state index in [1.54, 1.807) is 24.3 Å². The summed E-state index contributed by atoms with van der Waals surface area (Å²) >= 11 is 0. The van der Waals surface area contributed by atoms with Crippen LogP contribution in [-0.4, -0.2) is 43.3 Å². The highest BCUT2D eigenvalue weighted by Gasteiger charge is 2.22. The van der Waals surface area contributed by atoms with Crippen molar-refractivity contribution in [1.29, 1.82) is 0 Å². The third-order valence-electron chi connectivity index (χ3n) is 2.83. The van der Waals surface area contributed by atoms with Crippen molar-refractivity contribution in [2.75, 3.05) is 25.2 Å². The van der Waals surface area contributed by atoms with Crippen molar-refractivity contribution in [2.24, 2.45) is 5.73 Å². The van der Waals surface area contributed by atoms with Crippen LogP contribution in [0.4, 0.5) is 5.69 Å². The standard InChI is InChI=1S/C14H20N2O4/c1-20-10-8-12(15)14(19)16(9-7-13(17)18)11-5-3-2-4-6-11/h2-6,12H,7-10,15H2,1H3,(H,17,18). The van der Waals surface area contributed by atoms with Crippen molar-refractivity contribution in [2.45, 2.75) is 18.9 Å². The van der Waals surface area contributed by atoms with Gasteiger partial charge in [-0.1, -0.05) is 18.2 Å². The maximum Gasteiger partial charge on any atom is 0.305 e. The van der Waals surface area contributed by atoms with E-state index in [9.17, 15) is 9.59 Å². The zero-order chi connectivity index (χ0) is 15.0. The zero-order valence-electron chi connectivity index (χ0n) is 11.5. The number of ether oxygens (including phenoxy) is 1. The van der Waals surface area contributed by atoms with Gasteiger partial charge in [0.2, 0.25) is 5.91 Å². The first-order chi connectivity index (χ1) is 9.56. The highest BCUT2D eigenvalue weighted by Crippen LogP contribution is 2.15. The van der Waals surface area contributed by atoms with Crippen molar-refractivity contribution in [3.8, 4) is 0 Å². The Kier molecular flexibility index (Phi) is 6.69. The zero-order valence-corrected chi connectivity index (χ0v) is 11.5. The number of methoxy groups -OCH3 is 1. The largest absolute Gasteiger partial charge is 0.481 e. The topological polar surface area (TPSA) is 92.9 Å². The molecule has 0 saturated carbocycles. The number of benzene rings is 1. The lowest BCUT2D eigenvalue weighted by atomic mass is 10.1. The molecule has 1 unspecified atom stereocenters. The molecule has 110 valence electrons. The minimum atomic E-state index is -0.954. The maximum absolute atomic E-state index is 12.3. The normalized spacial score (nSPS) is 11.9. The molecule has 0 bridgehead atoms. The highest BCUT2D eigenvalue weighted by atomic mass is 16.5. The van der Waals surface area contributed by atoms with Gasteiger partial charge >= 0.3 is 5.97 Å². The molecule has 0 aliphatic heterocycles. The number of nitrogens with two attached hydrogens (primary N) is 1. The van der Waals surface area contributed by atoms with E-state index < -0.39 is 12.0 Å². The number of carboxylic acids is 1. The van der Waals surface area contributed by atoms with E-state index in [0.717, 1.165) is 0 Å². The molecule has 0 heterocycles. The molecule has 0 saturated heterocycles. The number of carbonyl (C=O) groups excluding carboxylic acids is 1. The van der Waals surface area contributed by atoms with E-state index in [2.05, 4.69) is 0 Å². The third-order valence-corrected chi connectivity index (χ3v) is 2.83.